The molecule has 80 valence electrons. The fourth-order valence-corrected chi connectivity index (χ4v) is 1.29. The molecular formula is C9H11FN4O. The van der Waals surface area contributed by atoms with Crippen LogP contribution in [-0.2, 0) is 11.3 Å². The molecule has 0 bridgehead atoms. The molecule has 0 spiro atoms. The summed E-state index contributed by atoms with van der Waals surface area (Å²) in [5.41, 5.74) is 9.39. The Bertz CT molecular complexity index is 374. The van der Waals surface area contributed by atoms with Crippen molar-refractivity contribution in [2.24, 2.45) is 10.8 Å². The maximum atomic E-state index is 13.1. The average Bonchev–Trinajstić information content (AvgIpc) is 2.69. The molecule has 0 radical (unpaired) electrons. The SMILES string of the molecule is NCc1cc(F)cc(NC2NN=CO2)c1. The molecule has 0 fully saturated rings. The molecule has 5 nitrogen and oxygen atoms in total. The molecule has 1 aromatic rings. The van der Waals surface area contributed by atoms with Gasteiger partial charge in [0.05, 0.1) is 0 Å². The van der Waals surface area contributed by atoms with E-state index in [4.69, 9.17) is 10.5 Å². The highest BCUT2D eigenvalue weighted by Gasteiger charge is 2.11. The Hall–Kier alpha value is -1.82. The summed E-state index contributed by atoms with van der Waals surface area (Å²) in [5.74, 6) is -0.334. The predicted molar refractivity (Wildman–Crippen MR) is 54.4 cm³/mol. The van der Waals surface area contributed by atoms with Crippen molar-refractivity contribution in [2.45, 2.75) is 12.9 Å². The Morgan fingerprint density at radius 2 is 2.40 bits per heavy atom. The summed E-state index contributed by atoms with van der Waals surface area (Å²) in [6.07, 6.45) is 0.818. The van der Waals surface area contributed by atoms with Crippen LogP contribution in [0.4, 0.5) is 10.1 Å². The maximum Gasteiger partial charge on any atom is 0.264 e. The van der Waals surface area contributed by atoms with E-state index in [1.54, 1.807) is 6.07 Å². The minimum Gasteiger partial charge on any atom is -0.439 e. The fraction of sp³-hybridized carbons (Fsp3) is 0.222. The molecular weight excluding hydrogens is 199 g/mol. The van der Waals surface area contributed by atoms with Gasteiger partial charge >= 0.3 is 0 Å². The van der Waals surface area contributed by atoms with Crippen LogP contribution >= 0.6 is 0 Å². The average molecular weight is 210 g/mol. The lowest BCUT2D eigenvalue weighted by molar-refractivity contribution is 0.226. The molecule has 0 aromatic heterocycles. The molecule has 1 aliphatic heterocycles. The molecule has 4 N–H and O–H groups in total. The first-order valence-electron chi connectivity index (χ1n) is 4.46. The monoisotopic (exact) mass is 210 g/mol. The lowest BCUT2D eigenvalue weighted by Crippen LogP contribution is -2.30. The van der Waals surface area contributed by atoms with Crippen molar-refractivity contribution in [2.75, 3.05) is 5.32 Å². The number of halogens is 1. The topological polar surface area (TPSA) is 71.7 Å². The quantitative estimate of drug-likeness (QED) is 0.681. The molecule has 15 heavy (non-hydrogen) atoms. The Balaban J connectivity index is 2.09. The molecule has 2 rings (SSSR count). The molecule has 1 heterocycles. The molecule has 1 atom stereocenters. The third-order valence-electron chi connectivity index (χ3n) is 1.93. The second-order valence-corrected chi connectivity index (χ2v) is 3.08. The number of anilines is 1. The number of nitrogens with zero attached hydrogens (tertiary/aromatic N) is 1. The lowest BCUT2D eigenvalue weighted by atomic mass is 10.2. The van der Waals surface area contributed by atoms with Gasteiger partial charge < -0.3 is 15.8 Å². The van der Waals surface area contributed by atoms with Gasteiger partial charge in [0.25, 0.3) is 6.35 Å². The van der Waals surface area contributed by atoms with E-state index in [-0.39, 0.29) is 5.82 Å². The third-order valence-corrected chi connectivity index (χ3v) is 1.93. The van der Waals surface area contributed by atoms with Crippen LogP contribution in [0.1, 0.15) is 5.56 Å². The van der Waals surface area contributed by atoms with Crippen molar-refractivity contribution in [3.8, 4) is 0 Å². The second-order valence-electron chi connectivity index (χ2n) is 3.08. The molecule has 1 unspecified atom stereocenters. The number of rotatable bonds is 3. The van der Waals surface area contributed by atoms with Crippen molar-refractivity contribution in [1.82, 2.24) is 5.43 Å². The molecule has 0 aliphatic carbocycles. The summed E-state index contributed by atoms with van der Waals surface area (Å²) in [6.45, 7) is 0.294. The summed E-state index contributed by atoms with van der Waals surface area (Å²) in [7, 11) is 0. The van der Waals surface area contributed by atoms with Crippen LogP contribution in [0.3, 0.4) is 0 Å². The second kappa shape index (κ2) is 4.14. The van der Waals surface area contributed by atoms with Crippen LogP contribution in [0, 0.1) is 5.82 Å². The van der Waals surface area contributed by atoms with Gasteiger partial charge in [-0.1, -0.05) is 0 Å². The van der Waals surface area contributed by atoms with E-state index in [0.717, 1.165) is 5.56 Å². The lowest BCUT2D eigenvalue weighted by Gasteiger charge is -2.13. The Labute approximate surface area is 86.1 Å². The van der Waals surface area contributed by atoms with Crippen molar-refractivity contribution in [3.63, 3.8) is 0 Å². The molecule has 0 saturated carbocycles. The van der Waals surface area contributed by atoms with Gasteiger partial charge in [-0.05, 0) is 23.8 Å². The summed E-state index contributed by atoms with van der Waals surface area (Å²) < 4.78 is 18.1. The van der Waals surface area contributed by atoms with Crippen LogP contribution in [0.5, 0.6) is 0 Å². The zero-order chi connectivity index (χ0) is 10.7. The molecule has 0 amide bonds. The van der Waals surface area contributed by atoms with Crippen LogP contribution in [0.2, 0.25) is 0 Å². The standard InChI is InChI=1S/C9H11FN4O/c10-7-1-6(4-11)2-8(3-7)13-9-14-12-5-15-9/h1-3,5,9,13-14H,4,11H2. The first kappa shape index (κ1) is 9.72. The number of hydrogen-bond donors (Lipinski definition) is 3. The van der Waals surface area contributed by atoms with E-state index in [0.29, 0.717) is 12.2 Å². The molecule has 1 aliphatic rings. The normalized spacial score (nSPS) is 18.4. The van der Waals surface area contributed by atoms with Gasteiger partial charge in [-0.25, -0.2) is 4.39 Å². The smallest absolute Gasteiger partial charge is 0.264 e. The fourth-order valence-electron chi connectivity index (χ4n) is 1.29. The van der Waals surface area contributed by atoms with E-state index in [1.165, 1.54) is 18.5 Å². The minimum atomic E-state index is -0.461. The van der Waals surface area contributed by atoms with Gasteiger partial charge in [-0.15, -0.1) is 5.10 Å². The van der Waals surface area contributed by atoms with Gasteiger partial charge in [0, 0.05) is 12.2 Å². The summed E-state index contributed by atoms with van der Waals surface area (Å²) in [6, 6.07) is 4.51. The highest BCUT2D eigenvalue weighted by molar-refractivity contribution is 5.51. The van der Waals surface area contributed by atoms with Gasteiger partial charge in [0.1, 0.15) is 5.82 Å². The number of nitrogens with two attached hydrogens (primary N) is 1. The number of hydrazone groups is 1. The number of nitrogens with one attached hydrogen (secondary N) is 2. The zero-order valence-corrected chi connectivity index (χ0v) is 7.90. The van der Waals surface area contributed by atoms with Gasteiger partial charge in [0.15, 0.2) is 6.40 Å². The summed E-state index contributed by atoms with van der Waals surface area (Å²) >= 11 is 0. The van der Waals surface area contributed by atoms with E-state index in [1.807, 2.05) is 0 Å². The van der Waals surface area contributed by atoms with Gasteiger partial charge in [-0.3, -0.25) is 5.43 Å². The molecule has 1 aromatic carbocycles. The maximum absolute atomic E-state index is 13.1. The highest BCUT2D eigenvalue weighted by atomic mass is 19.1. The van der Waals surface area contributed by atoms with Crippen LogP contribution in [0.15, 0.2) is 23.3 Å². The summed E-state index contributed by atoms with van der Waals surface area (Å²) in [5, 5.41) is 6.55. The first-order chi connectivity index (χ1) is 7.28. The number of ether oxygens (including phenoxy) is 1. The van der Waals surface area contributed by atoms with Crippen LogP contribution in [-0.4, -0.2) is 12.8 Å². The van der Waals surface area contributed by atoms with Crippen LogP contribution < -0.4 is 16.5 Å². The number of benzene rings is 1. The summed E-state index contributed by atoms with van der Waals surface area (Å²) in [4.78, 5) is 0. The third kappa shape index (κ3) is 2.35. The van der Waals surface area contributed by atoms with Crippen molar-refractivity contribution in [3.05, 3.63) is 29.6 Å². The first-order valence-corrected chi connectivity index (χ1v) is 4.46. The van der Waals surface area contributed by atoms with Gasteiger partial charge in [-0.2, -0.15) is 0 Å². The zero-order valence-electron chi connectivity index (χ0n) is 7.90. The highest BCUT2D eigenvalue weighted by Crippen LogP contribution is 2.14. The Kier molecular flexibility index (Phi) is 2.68. The van der Waals surface area contributed by atoms with Crippen molar-refractivity contribution in [1.29, 1.82) is 0 Å². The van der Waals surface area contributed by atoms with E-state index >= 15 is 0 Å². The minimum absolute atomic E-state index is 0.294. The van der Waals surface area contributed by atoms with Gasteiger partial charge in [0.2, 0.25) is 0 Å². The molecule has 0 saturated heterocycles. The largest absolute Gasteiger partial charge is 0.439 e. The van der Waals surface area contributed by atoms with Crippen molar-refractivity contribution >= 4 is 12.1 Å². The van der Waals surface area contributed by atoms with Crippen LogP contribution in [0.25, 0.3) is 0 Å². The predicted octanol–water partition coefficient (Wildman–Crippen LogP) is 0.543. The van der Waals surface area contributed by atoms with E-state index < -0.39 is 6.35 Å². The van der Waals surface area contributed by atoms with E-state index in [9.17, 15) is 4.39 Å². The van der Waals surface area contributed by atoms with E-state index in [2.05, 4.69) is 15.8 Å². The molecule has 6 heteroatoms. The Morgan fingerprint density at radius 1 is 1.53 bits per heavy atom. The Morgan fingerprint density at radius 3 is 3.07 bits per heavy atom. The van der Waals surface area contributed by atoms with Crippen molar-refractivity contribution < 1.29 is 9.13 Å². The number of hydrogen-bond acceptors (Lipinski definition) is 5.